The first-order valence-electron chi connectivity index (χ1n) is 6.75. The van der Waals surface area contributed by atoms with Crippen molar-refractivity contribution in [2.75, 3.05) is 25.4 Å². The third-order valence-corrected chi connectivity index (χ3v) is 4.81. The highest BCUT2D eigenvalue weighted by atomic mass is 32.2. The molecule has 100 valence electrons. The van der Waals surface area contributed by atoms with Gasteiger partial charge in [0.1, 0.15) is 0 Å². The second kappa shape index (κ2) is 6.60. The van der Waals surface area contributed by atoms with Crippen molar-refractivity contribution in [3.63, 3.8) is 0 Å². The van der Waals surface area contributed by atoms with Crippen molar-refractivity contribution in [2.24, 2.45) is 0 Å². The van der Waals surface area contributed by atoms with E-state index in [4.69, 9.17) is 0 Å². The maximum Gasteiger partial charge on any atom is 0.0586 e. The first-order chi connectivity index (χ1) is 8.70. The number of likely N-dealkylation sites (tertiary alicyclic amines) is 1. The van der Waals surface area contributed by atoms with Gasteiger partial charge in [-0.3, -0.25) is 4.90 Å². The van der Waals surface area contributed by atoms with E-state index in [1.165, 1.54) is 22.4 Å². The Labute approximate surface area is 114 Å². The number of benzene rings is 1. The summed E-state index contributed by atoms with van der Waals surface area (Å²) in [6.07, 6.45) is 2.39. The van der Waals surface area contributed by atoms with Gasteiger partial charge in [0.25, 0.3) is 0 Å². The fraction of sp³-hybridized carbons (Fsp3) is 0.600. The molecule has 1 fully saturated rings. The highest BCUT2D eigenvalue weighted by Crippen LogP contribution is 2.23. The first-order valence-corrected chi connectivity index (χ1v) is 7.74. The summed E-state index contributed by atoms with van der Waals surface area (Å²) in [5.41, 5.74) is 2.73. The minimum Gasteiger partial charge on any atom is -0.395 e. The molecule has 3 heteroatoms. The van der Waals surface area contributed by atoms with Crippen LogP contribution in [0.3, 0.4) is 0 Å². The Bertz CT molecular complexity index is 394. The zero-order valence-electron chi connectivity index (χ0n) is 11.4. The Morgan fingerprint density at radius 2 is 2.17 bits per heavy atom. The van der Waals surface area contributed by atoms with E-state index in [2.05, 4.69) is 36.9 Å². The van der Waals surface area contributed by atoms with Crippen LogP contribution in [-0.4, -0.2) is 41.5 Å². The molecule has 1 atom stereocenters. The molecule has 1 heterocycles. The van der Waals surface area contributed by atoms with Crippen LogP contribution in [0.25, 0.3) is 0 Å². The standard InChI is InChI=1S/C15H23NOS/c1-12-5-6-15(10-13(12)2)18-9-8-16-7-3-4-14(16)11-17/h5-6,10,14,17H,3-4,7-9,11H2,1-2H3/t14-/m0/s1. The van der Waals surface area contributed by atoms with Crippen LogP contribution < -0.4 is 0 Å². The van der Waals surface area contributed by atoms with Gasteiger partial charge in [0.15, 0.2) is 0 Å². The lowest BCUT2D eigenvalue weighted by molar-refractivity contribution is 0.165. The molecule has 0 bridgehead atoms. The third kappa shape index (κ3) is 3.50. The topological polar surface area (TPSA) is 23.5 Å². The van der Waals surface area contributed by atoms with Gasteiger partial charge in [-0.1, -0.05) is 6.07 Å². The van der Waals surface area contributed by atoms with E-state index in [9.17, 15) is 5.11 Å². The monoisotopic (exact) mass is 265 g/mol. The van der Waals surface area contributed by atoms with E-state index in [1.807, 2.05) is 11.8 Å². The minimum absolute atomic E-state index is 0.314. The van der Waals surface area contributed by atoms with E-state index in [-0.39, 0.29) is 0 Å². The Morgan fingerprint density at radius 1 is 1.33 bits per heavy atom. The summed E-state index contributed by atoms with van der Waals surface area (Å²) in [6, 6.07) is 7.09. The lowest BCUT2D eigenvalue weighted by Crippen LogP contribution is -2.33. The van der Waals surface area contributed by atoms with Crippen LogP contribution in [0, 0.1) is 13.8 Å². The van der Waals surface area contributed by atoms with Crippen molar-refractivity contribution in [2.45, 2.75) is 37.6 Å². The minimum atomic E-state index is 0.314. The summed E-state index contributed by atoms with van der Waals surface area (Å²) < 4.78 is 0. The highest BCUT2D eigenvalue weighted by molar-refractivity contribution is 7.99. The van der Waals surface area contributed by atoms with Gasteiger partial charge in [-0.15, -0.1) is 11.8 Å². The molecule has 1 N–H and O–H groups in total. The largest absolute Gasteiger partial charge is 0.395 e. The average Bonchev–Trinajstić information content (AvgIpc) is 2.81. The van der Waals surface area contributed by atoms with E-state index < -0.39 is 0 Å². The molecule has 1 aromatic rings. The van der Waals surface area contributed by atoms with Crippen LogP contribution in [-0.2, 0) is 0 Å². The summed E-state index contributed by atoms with van der Waals surface area (Å²) in [5.74, 6) is 1.11. The van der Waals surface area contributed by atoms with Crippen molar-refractivity contribution < 1.29 is 5.11 Å². The number of hydrogen-bond acceptors (Lipinski definition) is 3. The maximum absolute atomic E-state index is 9.27. The summed E-state index contributed by atoms with van der Waals surface area (Å²) in [4.78, 5) is 3.78. The molecule has 1 aromatic carbocycles. The SMILES string of the molecule is Cc1ccc(SCCN2CCC[C@H]2CO)cc1C. The molecule has 0 aromatic heterocycles. The number of nitrogens with zero attached hydrogens (tertiary/aromatic N) is 1. The van der Waals surface area contributed by atoms with Gasteiger partial charge in [0.05, 0.1) is 6.61 Å². The molecule has 2 nitrogen and oxygen atoms in total. The number of aliphatic hydroxyl groups excluding tert-OH is 1. The smallest absolute Gasteiger partial charge is 0.0586 e. The van der Waals surface area contributed by atoms with Crippen molar-refractivity contribution >= 4 is 11.8 Å². The van der Waals surface area contributed by atoms with Crippen LogP contribution >= 0.6 is 11.8 Å². The molecule has 0 aliphatic carbocycles. The third-order valence-electron chi connectivity index (χ3n) is 3.84. The second-order valence-corrected chi connectivity index (χ2v) is 6.28. The van der Waals surface area contributed by atoms with Crippen LogP contribution in [0.5, 0.6) is 0 Å². The molecule has 0 spiro atoms. The Morgan fingerprint density at radius 3 is 2.89 bits per heavy atom. The Hall–Kier alpha value is -0.510. The van der Waals surface area contributed by atoms with E-state index in [0.717, 1.165) is 25.3 Å². The fourth-order valence-electron chi connectivity index (χ4n) is 2.48. The highest BCUT2D eigenvalue weighted by Gasteiger charge is 2.22. The van der Waals surface area contributed by atoms with Crippen LogP contribution in [0.15, 0.2) is 23.1 Å². The first kappa shape index (κ1) is 13.9. The molecule has 0 radical (unpaired) electrons. The molecule has 0 unspecified atom stereocenters. The summed E-state index contributed by atoms with van der Waals surface area (Å²) in [6.45, 7) is 6.87. The van der Waals surface area contributed by atoms with Gasteiger partial charge in [-0.05, 0) is 56.5 Å². The quantitative estimate of drug-likeness (QED) is 0.828. The Kier molecular flexibility index (Phi) is 5.10. The number of rotatable bonds is 5. The van der Waals surface area contributed by atoms with Gasteiger partial charge >= 0.3 is 0 Å². The van der Waals surface area contributed by atoms with Gasteiger partial charge < -0.3 is 5.11 Å². The number of aliphatic hydroxyl groups is 1. The van der Waals surface area contributed by atoms with E-state index in [1.54, 1.807) is 0 Å². The second-order valence-electron chi connectivity index (χ2n) is 5.11. The van der Waals surface area contributed by atoms with Gasteiger partial charge in [0, 0.05) is 23.2 Å². The number of aryl methyl sites for hydroxylation is 2. The zero-order chi connectivity index (χ0) is 13.0. The van der Waals surface area contributed by atoms with E-state index in [0.29, 0.717) is 12.6 Å². The van der Waals surface area contributed by atoms with Crippen molar-refractivity contribution in [1.82, 2.24) is 4.90 Å². The molecule has 1 aliphatic rings. The normalized spacial score (nSPS) is 20.5. The van der Waals surface area contributed by atoms with Crippen molar-refractivity contribution in [3.05, 3.63) is 29.3 Å². The molecule has 0 saturated carbocycles. The van der Waals surface area contributed by atoms with Gasteiger partial charge in [-0.25, -0.2) is 0 Å². The van der Waals surface area contributed by atoms with Gasteiger partial charge in [-0.2, -0.15) is 0 Å². The predicted octanol–water partition coefficient (Wildman–Crippen LogP) is 2.85. The summed E-state index contributed by atoms with van der Waals surface area (Å²) >= 11 is 1.92. The summed E-state index contributed by atoms with van der Waals surface area (Å²) in [7, 11) is 0. The van der Waals surface area contributed by atoms with Crippen LogP contribution in [0.1, 0.15) is 24.0 Å². The molecule has 1 saturated heterocycles. The lowest BCUT2D eigenvalue weighted by Gasteiger charge is -2.22. The Balaban J connectivity index is 1.79. The summed E-state index contributed by atoms with van der Waals surface area (Å²) in [5, 5.41) is 9.27. The van der Waals surface area contributed by atoms with Crippen molar-refractivity contribution in [1.29, 1.82) is 0 Å². The number of thioether (sulfide) groups is 1. The maximum atomic E-state index is 9.27. The van der Waals surface area contributed by atoms with Crippen molar-refractivity contribution in [3.8, 4) is 0 Å². The van der Waals surface area contributed by atoms with E-state index >= 15 is 0 Å². The molecular formula is C15H23NOS. The van der Waals surface area contributed by atoms with Crippen LogP contribution in [0.4, 0.5) is 0 Å². The molecule has 2 rings (SSSR count). The fourth-order valence-corrected chi connectivity index (χ4v) is 3.47. The molecule has 0 amide bonds. The molecular weight excluding hydrogens is 242 g/mol. The van der Waals surface area contributed by atoms with Crippen LogP contribution in [0.2, 0.25) is 0 Å². The van der Waals surface area contributed by atoms with Gasteiger partial charge in [0.2, 0.25) is 0 Å². The average molecular weight is 265 g/mol. The predicted molar refractivity (Wildman–Crippen MR) is 78.3 cm³/mol. The lowest BCUT2D eigenvalue weighted by atomic mass is 10.1. The molecule has 18 heavy (non-hydrogen) atoms. The zero-order valence-corrected chi connectivity index (χ0v) is 12.2. The molecule has 1 aliphatic heterocycles. The number of hydrogen-bond donors (Lipinski definition) is 1.